The van der Waals surface area contributed by atoms with Crippen LogP contribution in [0.4, 0.5) is 10.3 Å². The number of hydrogen-bond acceptors (Lipinski definition) is 5. The van der Waals surface area contributed by atoms with E-state index in [9.17, 15) is 4.79 Å². The van der Waals surface area contributed by atoms with Gasteiger partial charge in [-0.15, -0.1) is 0 Å². The van der Waals surface area contributed by atoms with Crippen LogP contribution in [0.25, 0.3) is 11.3 Å². The summed E-state index contributed by atoms with van der Waals surface area (Å²) in [6.45, 7) is 3.92. The minimum atomic E-state index is -0.387. The third-order valence-corrected chi connectivity index (χ3v) is 7.39. The molecule has 1 aliphatic heterocycles. The van der Waals surface area contributed by atoms with Crippen molar-refractivity contribution in [2.75, 3.05) is 38.1 Å². The Morgan fingerprint density at radius 3 is 2.39 bits per heavy atom. The lowest BCUT2D eigenvalue weighted by Gasteiger charge is -2.35. The monoisotopic (exact) mass is 487 g/mol. The van der Waals surface area contributed by atoms with Crippen molar-refractivity contribution in [3.05, 3.63) is 77.7 Å². The number of likely N-dealkylation sites (N-methyl/N-ethyl adjacent to an activating group) is 1. The molecule has 188 valence electrons. The Morgan fingerprint density at radius 2 is 1.67 bits per heavy atom. The predicted octanol–water partition coefficient (Wildman–Crippen LogP) is 5.01. The van der Waals surface area contributed by atoms with Crippen molar-refractivity contribution in [1.82, 2.24) is 19.8 Å². The van der Waals surface area contributed by atoms with Crippen molar-refractivity contribution in [3.63, 3.8) is 0 Å². The van der Waals surface area contributed by atoms with Gasteiger partial charge in [-0.1, -0.05) is 61.7 Å². The van der Waals surface area contributed by atoms with Gasteiger partial charge in [0.25, 0.3) is 5.91 Å². The fraction of sp³-hybridized carbons (Fsp3) is 0.414. The first-order chi connectivity index (χ1) is 17.6. The zero-order chi connectivity index (χ0) is 24.9. The van der Waals surface area contributed by atoms with Crippen molar-refractivity contribution >= 4 is 11.9 Å². The number of nitrogens with zero attached hydrogens (tertiary/aromatic N) is 5. The molecule has 1 aliphatic carbocycles. The van der Waals surface area contributed by atoms with E-state index >= 15 is 4.39 Å². The zero-order valence-electron chi connectivity index (χ0n) is 20.9. The maximum Gasteiger partial charge on any atom is 0.258 e. The minimum absolute atomic E-state index is 0.131. The number of aromatic nitrogens is 2. The number of carbonyl (C=O) groups excluding carboxylic acids is 1. The summed E-state index contributed by atoms with van der Waals surface area (Å²) in [7, 11) is 2.09. The molecule has 0 bridgehead atoms. The Hall–Kier alpha value is -3.32. The largest absolute Gasteiger partial charge is 0.338 e. The topological polar surface area (TPSA) is 52.6 Å². The molecule has 1 saturated carbocycles. The molecule has 2 aromatic carbocycles. The Bertz CT molecular complexity index is 1170. The van der Waals surface area contributed by atoms with Crippen LogP contribution in [-0.2, 0) is 6.54 Å². The fourth-order valence-electron chi connectivity index (χ4n) is 5.24. The molecule has 7 heteroatoms. The van der Waals surface area contributed by atoms with E-state index in [2.05, 4.69) is 21.8 Å². The predicted molar refractivity (Wildman–Crippen MR) is 140 cm³/mol. The van der Waals surface area contributed by atoms with Gasteiger partial charge in [-0.05, 0) is 37.6 Å². The van der Waals surface area contributed by atoms with Crippen LogP contribution < -0.4 is 4.90 Å². The highest BCUT2D eigenvalue weighted by molar-refractivity contribution is 6.00. The quantitative estimate of drug-likeness (QED) is 0.489. The SMILES string of the molecule is CN1CCN(c2ncc(C(=O)N(Cc3ccccc3)C3CCCCC3)c(-c3ccccc3F)n2)CC1. The van der Waals surface area contributed by atoms with E-state index < -0.39 is 0 Å². The summed E-state index contributed by atoms with van der Waals surface area (Å²) in [5.41, 5.74) is 2.15. The van der Waals surface area contributed by atoms with E-state index in [1.54, 1.807) is 24.4 Å². The Balaban J connectivity index is 1.54. The highest BCUT2D eigenvalue weighted by atomic mass is 19.1. The number of rotatable bonds is 6. The third-order valence-electron chi connectivity index (χ3n) is 7.39. The molecular weight excluding hydrogens is 453 g/mol. The average molecular weight is 488 g/mol. The number of halogens is 1. The summed E-state index contributed by atoms with van der Waals surface area (Å²) in [5, 5.41) is 0. The first-order valence-electron chi connectivity index (χ1n) is 13.0. The van der Waals surface area contributed by atoms with Crippen LogP contribution in [0, 0.1) is 5.82 Å². The van der Waals surface area contributed by atoms with Crippen molar-refractivity contribution in [2.24, 2.45) is 0 Å². The van der Waals surface area contributed by atoms with Gasteiger partial charge < -0.3 is 14.7 Å². The van der Waals surface area contributed by atoms with Crippen LogP contribution >= 0.6 is 0 Å². The Morgan fingerprint density at radius 1 is 0.972 bits per heavy atom. The minimum Gasteiger partial charge on any atom is -0.338 e. The summed E-state index contributed by atoms with van der Waals surface area (Å²) < 4.78 is 15.0. The van der Waals surface area contributed by atoms with E-state index in [0.717, 1.165) is 57.4 Å². The Labute approximate surface area is 212 Å². The molecule has 0 atom stereocenters. The molecule has 0 N–H and O–H groups in total. The van der Waals surface area contributed by atoms with Crippen molar-refractivity contribution in [2.45, 2.75) is 44.7 Å². The van der Waals surface area contributed by atoms with Gasteiger partial charge in [0.15, 0.2) is 0 Å². The first-order valence-corrected chi connectivity index (χ1v) is 13.0. The van der Waals surface area contributed by atoms with Gasteiger partial charge in [-0.25, -0.2) is 14.4 Å². The van der Waals surface area contributed by atoms with Crippen LogP contribution in [0.5, 0.6) is 0 Å². The second-order valence-corrected chi connectivity index (χ2v) is 9.91. The van der Waals surface area contributed by atoms with Gasteiger partial charge in [-0.2, -0.15) is 0 Å². The lowest BCUT2D eigenvalue weighted by Crippen LogP contribution is -2.45. The normalized spacial score (nSPS) is 17.2. The summed E-state index contributed by atoms with van der Waals surface area (Å²) in [4.78, 5) is 30.0. The van der Waals surface area contributed by atoms with Crippen LogP contribution in [0.2, 0.25) is 0 Å². The standard InChI is InChI=1S/C29H34FN5O/c1-33-16-18-34(19-17-33)29-31-20-25(27(32-29)24-14-8-9-15-26(24)30)28(36)35(23-12-6-3-7-13-23)21-22-10-4-2-5-11-22/h2,4-5,8-11,14-15,20,23H,3,6-7,12-13,16-19,21H2,1H3. The van der Waals surface area contributed by atoms with Crippen LogP contribution in [0.15, 0.2) is 60.8 Å². The van der Waals surface area contributed by atoms with Crippen LogP contribution in [0.3, 0.4) is 0 Å². The molecule has 1 aromatic heterocycles. The highest BCUT2D eigenvalue weighted by Crippen LogP contribution is 2.31. The van der Waals surface area contributed by atoms with E-state index in [4.69, 9.17) is 4.98 Å². The zero-order valence-corrected chi connectivity index (χ0v) is 20.9. The number of anilines is 1. The van der Waals surface area contributed by atoms with Crippen LogP contribution in [-0.4, -0.2) is 64.9 Å². The summed E-state index contributed by atoms with van der Waals surface area (Å²) in [6, 6.07) is 16.8. The molecule has 6 nitrogen and oxygen atoms in total. The summed E-state index contributed by atoms with van der Waals surface area (Å²) in [6.07, 6.45) is 7.00. The van der Waals surface area contributed by atoms with Crippen LogP contribution in [0.1, 0.15) is 48.0 Å². The van der Waals surface area contributed by atoms with Gasteiger partial charge >= 0.3 is 0 Å². The second kappa shape index (κ2) is 11.2. The lowest BCUT2D eigenvalue weighted by molar-refractivity contribution is 0.0614. The van der Waals surface area contributed by atoms with E-state index in [0.29, 0.717) is 29.3 Å². The molecule has 36 heavy (non-hydrogen) atoms. The van der Waals surface area contributed by atoms with Gasteiger partial charge in [0.1, 0.15) is 5.82 Å². The molecule has 3 aromatic rings. The van der Waals surface area contributed by atoms with Gasteiger partial charge in [-0.3, -0.25) is 4.79 Å². The maximum atomic E-state index is 15.0. The maximum absolute atomic E-state index is 15.0. The van der Waals surface area contributed by atoms with Gasteiger partial charge in [0.2, 0.25) is 5.95 Å². The average Bonchev–Trinajstić information content (AvgIpc) is 2.93. The van der Waals surface area contributed by atoms with Crippen molar-refractivity contribution < 1.29 is 9.18 Å². The lowest BCUT2D eigenvalue weighted by atomic mass is 9.93. The summed E-state index contributed by atoms with van der Waals surface area (Å²) in [5.74, 6) is 0.0287. The number of carbonyl (C=O) groups is 1. The van der Waals surface area contributed by atoms with Crippen molar-refractivity contribution in [3.8, 4) is 11.3 Å². The molecule has 0 unspecified atom stereocenters. The number of amides is 1. The van der Waals surface area contributed by atoms with E-state index in [1.165, 1.54) is 12.5 Å². The highest BCUT2D eigenvalue weighted by Gasteiger charge is 2.30. The molecule has 0 spiro atoms. The Kier molecular flexibility index (Phi) is 7.56. The number of hydrogen-bond donors (Lipinski definition) is 0. The summed E-state index contributed by atoms with van der Waals surface area (Å²) >= 11 is 0. The molecule has 1 amide bonds. The third kappa shape index (κ3) is 5.41. The fourth-order valence-corrected chi connectivity index (χ4v) is 5.24. The van der Waals surface area contributed by atoms with Crippen molar-refractivity contribution in [1.29, 1.82) is 0 Å². The van der Waals surface area contributed by atoms with Gasteiger partial charge in [0.05, 0.1) is 11.3 Å². The molecule has 5 rings (SSSR count). The molecular formula is C29H34FN5O. The molecule has 2 heterocycles. The molecule has 0 radical (unpaired) electrons. The second-order valence-electron chi connectivity index (χ2n) is 9.91. The number of piperazine rings is 1. The first kappa shape index (κ1) is 24.4. The molecule has 1 saturated heterocycles. The molecule has 2 aliphatic rings. The van der Waals surface area contributed by atoms with E-state index in [1.807, 2.05) is 35.2 Å². The molecule has 2 fully saturated rings. The smallest absolute Gasteiger partial charge is 0.258 e. The number of benzene rings is 2. The van der Waals surface area contributed by atoms with E-state index in [-0.39, 0.29) is 17.8 Å². The van der Waals surface area contributed by atoms with Gasteiger partial charge in [0, 0.05) is 50.5 Å².